The first-order chi connectivity index (χ1) is 13.9. The molecule has 146 valence electrons. The van der Waals surface area contributed by atoms with Gasteiger partial charge >= 0.3 is 0 Å². The number of anilines is 2. The van der Waals surface area contributed by atoms with Crippen LogP contribution >= 0.6 is 0 Å². The molecule has 0 aliphatic rings. The Hall–Kier alpha value is -4.01. The van der Waals surface area contributed by atoms with Crippen LogP contribution in [0.5, 0.6) is 0 Å². The van der Waals surface area contributed by atoms with Crippen LogP contribution in [0.2, 0.25) is 0 Å². The average molecular weight is 389 g/mol. The largest absolute Gasteiger partial charge is 0.339 e. The molecule has 0 saturated heterocycles. The zero-order valence-electron chi connectivity index (χ0n) is 16.1. The van der Waals surface area contributed by atoms with Crippen molar-refractivity contribution in [2.75, 3.05) is 10.6 Å². The molecule has 9 nitrogen and oxygen atoms in total. The molecule has 2 amide bonds. The molecule has 4 rings (SSSR count). The van der Waals surface area contributed by atoms with E-state index in [9.17, 15) is 9.59 Å². The van der Waals surface area contributed by atoms with Crippen molar-refractivity contribution in [1.29, 1.82) is 0 Å². The summed E-state index contributed by atoms with van der Waals surface area (Å²) >= 11 is 0. The molecule has 0 bridgehead atoms. The third kappa shape index (κ3) is 3.70. The third-order valence-corrected chi connectivity index (χ3v) is 4.57. The number of carbonyl (C=O) groups excluding carboxylic acids is 2. The van der Waals surface area contributed by atoms with Crippen LogP contribution in [0, 0.1) is 13.8 Å². The van der Waals surface area contributed by atoms with Crippen LogP contribution in [0.3, 0.4) is 0 Å². The lowest BCUT2D eigenvalue weighted by Crippen LogP contribution is -2.13. The van der Waals surface area contributed by atoms with Crippen molar-refractivity contribution in [2.45, 2.75) is 20.8 Å². The summed E-state index contributed by atoms with van der Waals surface area (Å²) in [5.41, 5.74) is 4.99. The van der Waals surface area contributed by atoms with Gasteiger partial charge in [0, 0.05) is 41.0 Å². The first-order valence-corrected chi connectivity index (χ1v) is 8.96. The summed E-state index contributed by atoms with van der Waals surface area (Å²) in [6, 6.07) is 7.36. The molecular formula is C20H19N7O2. The second-order valence-corrected chi connectivity index (χ2v) is 6.73. The summed E-state index contributed by atoms with van der Waals surface area (Å²) in [5.74, 6) is 0.0285. The topological polar surface area (TPSA) is 128 Å². The molecule has 4 aromatic heterocycles. The molecule has 0 unspecified atom stereocenters. The number of aryl methyl sites for hydroxylation is 1. The zero-order chi connectivity index (χ0) is 20.5. The number of amides is 2. The summed E-state index contributed by atoms with van der Waals surface area (Å²) < 4.78 is 0. The molecule has 0 aromatic carbocycles. The van der Waals surface area contributed by atoms with Gasteiger partial charge in [0.25, 0.3) is 5.91 Å². The standard InChI is InChI=1S/C20H19N7O2/c1-10-11(2)26-27-18(10)20(29)24-15-6-14-7-16(25-19(14)22-9-15)13-4-5-17(21-8-13)23-12(3)28/h4-9H,1-3H3,(H,22,25)(H,24,29)(H,26,27)(H,21,23,28). The van der Waals surface area contributed by atoms with E-state index in [1.807, 2.05) is 32.0 Å². The van der Waals surface area contributed by atoms with Gasteiger partial charge in [-0.15, -0.1) is 0 Å². The van der Waals surface area contributed by atoms with Crippen LogP contribution in [0.15, 0.2) is 36.7 Å². The lowest BCUT2D eigenvalue weighted by molar-refractivity contribution is -0.114. The number of nitrogens with zero attached hydrogens (tertiary/aromatic N) is 3. The number of aromatic amines is 2. The zero-order valence-corrected chi connectivity index (χ0v) is 16.1. The molecule has 0 radical (unpaired) electrons. The second kappa shape index (κ2) is 7.19. The van der Waals surface area contributed by atoms with Crippen molar-refractivity contribution in [2.24, 2.45) is 0 Å². The van der Waals surface area contributed by atoms with E-state index in [1.54, 1.807) is 18.5 Å². The van der Waals surface area contributed by atoms with Gasteiger partial charge in [-0.05, 0) is 38.1 Å². The van der Waals surface area contributed by atoms with E-state index < -0.39 is 0 Å². The summed E-state index contributed by atoms with van der Waals surface area (Å²) in [5, 5.41) is 13.2. The van der Waals surface area contributed by atoms with Crippen molar-refractivity contribution >= 4 is 34.4 Å². The summed E-state index contributed by atoms with van der Waals surface area (Å²) in [6.45, 7) is 5.15. The van der Waals surface area contributed by atoms with Crippen molar-refractivity contribution in [3.8, 4) is 11.3 Å². The van der Waals surface area contributed by atoms with Gasteiger partial charge < -0.3 is 15.6 Å². The number of carbonyl (C=O) groups is 2. The minimum absolute atomic E-state index is 0.171. The highest BCUT2D eigenvalue weighted by Crippen LogP contribution is 2.25. The van der Waals surface area contributed by atoms with Gasteiger partial charge in [-0.3, -0.25) is 14.7 Å². The molecule has 4 aromatic rings. The molecular weight excluding hydrogens is 370 g/mol. The number of aromatic nitrogens is 5. The van der Waals surface area contributed by atoms with Crippen molar-refractivity contribution in [1.82, 2.24) is 25.1 Å². The molecule has 4 heterocycles. The first kappa shape index (κ1) is 18.4. The molecule has 9 heteroatoms. The SMILES string of the molecule is CC(=O)Nc1ccc(-c2cc3cc(NC(=O)c4n[nH]c(C)c4C)cnc3[nH]2)cn1. The van der Waals surface area contributed by atoms with Gasteiger partial charge in [-0.2, -0.15) is 5.10 Å². The van der Waals surface area contributed by atoms with Crippen molar-refractivity contribution in [3.63, 3.8) is 0 Å². The fourth-order valence-corrected chi connectivity index (χ4v) is 2.94. The Balaban J connectivity index is 1.57. The second-order valence-electron chi connectivity index (χ2n) is 6.73. The Morgan fingerprint density at radius 2 is 1.86 bits per heavy atom. The summed E-state index contributed by atoms with van der Waals surface area (Å²) in [4.78, 5) is 35.4. The Morgan fingerprint density at radius 3 is 2.52 bits per heavy atom. The van der Waals surface area contributed by atoms with Crippen LogP contribution in [0.4, 0.5) is 11.5 Å². The highest BCUT2D eigenvalue weighted by molar-refractivity contribution is 6.04. The average Bonchev–Trinajstić information content (AvgIpc) is 3.25. The summed E-state index contributed by atoms with van der Waals surface area (Å²) in [6.07, 6.45) is 3.26. The highest BCUT2D eigenvalue weighted by Gasteiger charge is 2.15. The van der Waals surface area contributed by atoms with Gasteiger partial charge in [0.15, 0.2) is 5.69 Å². The van der Waals surface area contributed by atoms with Crippen molar-refractivity contribution < 1.29 is 9.59 Å². The molecule has 0 aliphatic heterocycles. The van der Waals surface area contributed by atoms with Crippen LogP contribution in [0.1, 0.15) is 28.7 Å². The number of H-pyrrole nitrogens is 2. The number of hydrogen-bond acceptors (Lipinski definition) is 5. The number of rotatable bonds is 4. The minimum atomic E-state index is -0.290. The van der Waals surface area contributed by atoms with Crippen LogP contribution < -0.4 is 10.6 Å². The van der Waals surface area contributed by atoms with Gasteiger partial charge in [0.05, 0.1) is 11.9 Å². The van der Waals surface area contributed by atoms with E-state index in [0.29, 0.717) is 22.8 Å². The number of nitrogens with one attached hydrogen (secondary N) is 4. The molecule has 0 saturated carbocycles. The van der Waals surface area contributed by atoms with E-state index in [1.165, 1.54) is 6.92 Å². The maximum Gasteiger partial charge on any atom is 0.276 e. The fourth-order valence-electron chi connectivity index (χ4n) is 2.94. The van der Waals surface area contributed by atoms with Gasteiger partial charge in [-0.1, -0.05) is 0 Å². The lowest BCUT2D eigenvalue weighted by Gasteiger charge is -2.03. The van der Waals surface area contributed by atoms with E-state index in [0.717, 1.165) is 27.9 Å². The van der Waals surface area contributed by atoms with E-state index in [-0.39, 0.29) is 11.8 Å². The fraction of sp³-hybridized carbons (Fsp3) is 0.150. The van der Waals surface area contributed by atoms with Crippen molar-refractivity contribution in [3.05, 3.63) is 53.6 Å². The first-order valence-electron chi connectivity index (χ1n) is 8.96. The van der Waals surface area contributed by atoms with E-state index in [4.69, 9.17) is 0 Å². The Bertz CT molecular complexity index is 1220. The van der Waals surface area contributed by atoms with E-state index in [2.05, 4.69) is 35.8 Å². The number of pyridine rings is 2. The Labute approximate surface area is 166 Å². The summed E-state index contributed by atoms with van der Waals surface area (Å²) in [7, 11) is 0. The highest BCUT2D eigenvalue weighted by atomic mass is 16.2. The predicted octanol–water partition coefficient (Wildman–Crippen LogP) is 3.18. The van der Waals surface area contributed by atoms with Crippen LogP contribution in [0.25, 0.3) is 22.3 Å². The lowest BCUT2D eigenvalue weighted by atomic mass is 10.2. The molecule has 4 N–H and O–H groups in total. The van der Waals surface area contributed by atoms with Gasteiger partial charge in [0.1, 0.15) is 11.5 Å². The molecule has 0 spiro atoms. The monoisotopic (exact) mass is 389 g/mol. The van der Waals surface area contributed by atoms with Crippen LogP contribution in [-0.2, 0) is 4.79 Å². The van der Waals surface area contributed by atoms with E-state index >= 15 is 0 Å². The van der Waals surface area contributed by atoms with Gasteiger partial charge in [0.2, 0.25) is 5.91 Å². The molecule has 0 atom stereocenters. The van der Waals surface area contributed by atoms with Gasteiger partial charge in [-0.25, -0.2) is 9.97 Å². The molecule has 0 aliphatic carbocycles. The Morgan fingerprint density at radius 1 is 1.03 bits per heavy atom. The molecule has 0 fully saturated rings. The number of hydrogen-bond donors (Lipinski definition) is 4. The Kier molecular flexibility index (Phi) is 4.55. The van der Waals surface area contributed by atoms with Crippen LogP contribution in [-0.4, -0.2) is 37.0 Å². The smallest absolute Gasteiger partial charge is 0.276 e. The maximum atomic E-state index is 12.5. The third-order valence-electron chi connectivity index (χ3n) is 4.57. The molecule has 29 heavy (non-hydrogen) atoms. The predicted molar refractivity (Wildman–Crippen MR) is 110 cm³/mol. The minimum Gasteiger partial charge on any atom is -0.339 e. The quantitative estimate of drug-likeness (QED) is 0.426. The normalized spacial score (nSPS) is 10.9. The number of fused-ring (bicyclic) bond motifs is 1. The maximum absolute atomic E-state index is 12.5.